The van der Waals surface area contributed by atoms with Gasteiger partial charge in [-0.2, -0.15) is 0 Å². The van der Waals surface area contributed by atoms with Crippen LogP contribution < -0.4 is 5.32 Å². The lowest BCUT2D eigenvalue weighted by atomic mass is 10.1. The molecule has 1 heterocycles. The molecule has 1 aromatic rings. The van der Waals surface area contributed by atoms with Gasteiger partial charge in [-0.15, -0.1) is 0 Å². The molecule has 1 saturated carbocycles. The standard InChI is InChI=1S/C12H16N2O2/c15-12(16)11(9-4-3-7-13-8-9)14-10-5-1-2-6-10/h3-4,7-8,10-11,14H,1-2,5-6H2,(H,15,16)/t11-/m1/s1. The minimum Gasteiger partial charge on any atom is -0.480 e. The summed E-state index contributed by atoms with van der Waals surface area (Å²) in [4.78, 5) is 15.2. The third-order valence-corrected chi connectivity index (χ3v) is 3.02. The smallest absolute Gasteiger partial charge is 0.325 e. The highest BCUT2D eigenvalue weighted by atomic mass is 16.4. The summed E-state index contributed by atoms with van der Waals surface area (Å²) >= 11 is 0. The highest BCUT2D eigenvalue weighted by molar-refractivity contribution is 5.75. The number of pyridine rings is 1. The van der Waals surface area contributed by atoms with Crippen molar-refractivity contribution in [2.45, 2.75) is 37.8 Å². The molecule has 0 aromatic carbocycles. The van der Waals surface area contributed by atoms with Gasteiger partial charge in [0.15, 0.2) is 0 Å². The van der Waals surface area contributed by atoms with Crippen molar-refractivity contribution in [3.8, 4) is 0 Å². The Balaban J connectivity index is 2.08. The first-order valence-electron chi connectivity index (χ1n) is 5.66. The molecule has 0 radical (unpaired) electrons. The van der Waals surface area contributed by atoms with E-state index in [4.69, 9.17) is 0 Å². The van der Waals surface area contributed by atoms with Gasteiger partial charge in [-0.1, -0.05) is 18.9 Å². The molecule has 2 N–H and O–H groups in total. The molecule has 0 spiro atoms. The van der Waals surface area contributed by atoms with Gasteiger partial charge in [-0.3, -0.25) is 15.1 Å². The predicted octanol–water partition coefficient (Wildman–Crippen LogP) is 1.74. The molecule has 86 valence electrons. The number of nitrogens with zero attached hydrogens (tertiary/aromatic N) is 1. The molecule has 1 aliphatic carbocycles. The highest BCUT2D eigenvalue weighted by Gasteiger charge is 2.25. The highest BCUT2D eigenvalue weighted by Crippen LogP contribution is 2.22. The van der Waals surface area contributed by atoms with Crippen LogP contribution >= 0.6 is 0 Å². The largest absolute Gasteiger partial charge is 0.480 e. The van der Waals surface area contributed by atoms with Crippen molar-refractivity contribution in [2.24, 2.45) is 0 Å². The number of carboxylic acids is 1. The van der Waals surface area contributed by atoms with Crippen LogP contribution in [0, 0.1) is 0 Å². The number of carbonyl (C=O) groups is 1. The molecule has 0 unspecified atom stereocenters. The zero-order valence-electron chi connectivity index (χ0n) is 9.10. The lowest BCUT2D eigenvalue weighted by molar-refractivity contribution is -0.139. The average Bonchev–Trinajstić information content (AvgIpc) is 2.79. The third-order valence-electron chi connectivity index (χ3n) is 3.02. The summed E-state index contributed by atoms with van der Waals surface area (Å²) in [5.41, 5.74) is 0.724. The fourth-order valence-corrected chi connectivity index (χ4v) is 2.18. The molecule has 0 amide bonds. The van der Waals surface area contributed by atoms with E-state index in [0.29, 0.717) is 6.04 Å². The Morgan fingerprint density at radius 1 is 1.50 bits per heavy atom. The van der Waals surface area contributed by atoms with E-state index in [-0.39, 0.29) is 0 Å². The quantitative estimate of drug-likeness (QED) is 0.811. The fraction of sp³-hybridized carbons (Fsp3) is 0.500. The van der Waals surface area contributed by atoms with Gasteiger partial charge in [-0.05, 0) is 24.5 Å². The van der Waals surface area contributed by atoms with Gasteiger partial charge in [0.2, 0.25) is 0 Å². The molecule has 1 aliphatic rings. The Labute approximate surface area is 94.7 Å². The van der Waals surface area contributed by atoms with E-state index >= 15 is 0 Å². The Hall–Kier alpha value is -1.42. The van der Waals surface area contributed by atoms with Crippen LogP contribution in [0.4, 0.5) is 0 Å². The molecular weight excluding hydrogens is 204 g/mol. The zero-order chi connectivity index (χ0) is 11.4. The van der Waals surface area contributed by atoms with Gasteiger partial charge in [0.1, 0.15) is 6.04 Å². The second-order valence-corrected chi connectivity index (χ2v) is 4.21. The summed E-state index contributed by atoms with van der Waals surface area (Å²) in [7, 11) is 0. The molecule has 4 heteroatoms. The number of rotatable bonds is 4. The lowest BCUT2D eigenvalue weighted by Crippen LogP contribution is -2.35. The maximum atomic E-state index is 11.2. The average molecular weight is 220 g/mol. The van der Waals surface area contributed by atoms with Gasteiger partial charge in [0.25, 0.3) is 0 Å². The summed E-state index contributed by atoms with van der Waals surface area (Å²) in [6, 6.07) is 3.27. The maximum absolute atomic E-state index is 11.2. The third kappa shape index (κ3) is 2.58. The molecule has 1 aromatic heterocycles. The van der Waals surface area contributed by atoms with Crippen molar-refractivity contribution in [2.75, 3.05) is 0 Å². The number of nitrogens with one attached hydrogen (secondary N) is 1. The van der Waals surface area contributed by atoms with Crippen LogP contribution in [0.5, 0.6) is 0 Å². The molecule has 1 atom stereocenters. The normalized spacial score (nSPS) is 18.5. The second-order valence-electron chi connectivity index (χ2n) is 4.21. The molecule has 0 aliphatic heterocycles. The molecule has 0 saturated heterocycles. The number of hydrogen-bond acceptors (Lipinski definition) is 3. The Morgan fingerprint density at radius 3 is 2.81 bits per heavy atom. The first-order chi connectivity index (χ1) is 7.77. The monoisotopic (exact) mass is 220 g/mol. The second kappa shape index (κ2) is 5.07. The Kier molecular flexibility index (Phi) is 3.51. The first kappa shape index (κ1) is 11.1. The zero-order valence-corrected chi connectivity index (χ0v) is 9.10. The molecule has 4 nitrogen and oxygen atoms in total. The van der Waals surface area contributed by atoms with Gasteiger partial charge >= 0.3 is 5.97 Å². The van der Waals surface area contributed by atoms with Crippen LogP contribution in [-0.4, -0.2) is 22.1 Å². The summed E-state index contributed by atoms with van der Waals surface area (Å²) in [6.45, 7) is 0. The fourth-order valence-electron chi connectivity index (χ4n) is 2.18. The van der Waals surface area contributed by atoms with E-state index in [1.807, 2.05) is 0 Å². The van der Waals surface area contributed by atoms with Crippen LogP contribution in [0.2, 0.25) is 0 Å². The number of carboxylic acid groups (broad SMARTS) is 1. The van der Waals surface area contributed by atoms with E-state index in [2.05, 4.69) is 10.3 Å². The van der Waals surface area contributed by atoms with E-state index in [1.54, 1.807) is 24.5 Å². The SMILES string of the molecule is O=C(O)[C@H](NC1CCCC1)c1cccnc1. The molecule has 2 rings (SSSR count). The minimum absolute atomic E-state index is 0.335. The van der Waals surface area contributed by atoms with Gasteiger partial charge in [0, 0.05) is 18.4 Å². The lowest BCUT2D eigenvalue weighted by Gasteiger charge is -2.19. The first-order valence-corrected chi connectivity index (χ1v) is 5.66. The molecule has 0 bridgehead atoms. The molecular formula is C12H16N2O2. The number of aromatic nitrogens is 1. The van der Waals surface area contributed by atoms with Gasteiger partial charge < -0.3 is 5.11 Å². The van der Waals surface area contributed by atoms with Crippen LogP contribution in [0.15, 0.2) is 24.5 Å². The van der Waals surface area contributed by atoms with Crippen LogP contribution in [0.3, 0.4) is 0 Å². The topological polar surface area (TPSA) is 62.2 Å². The maximum Gasteiger partial charge on any atom is 0.325 e. The van der Waals surface area contributed by atoms with Crippen molar-refractivity contribution < 1.29 is 9.90 Å². The van der Waals surface area contributed by atoms with Crippen molar-refractivity contribution in [1.82, 2.24) is 10.3 Å². The van der Waals surface area contributed by atoms with Crippen LogP contribution in [-0.2, 0) is 4.79 Å². The number of hydrogen-bond donors (Lipinski definition) is 2. The van der Waals surface area contributed by atoms with Crippen molar-refractivity contribution in [3.63, 3.8) is 0 Å². The van der Waals surface area contributed by atoms with E-state index < -0.39 is 12.0 Å². The summed E-state index contributed by atoms with van der Waals surface area (Å²) in [5, 5.41) is 12.4. The predicted molar refractivity (Wildman–Crippen MR) is 60.0 cm³/mol. The summed E-state index contributed by atoms with van der Waals surface area (Å²) in [5.74, 6) is -0.833. The van der Waals surface area contributed by atoms with Gasteiger partial charge in [-0.25, -0.2) is 0 Å². The van der Waals surface area contributed by atoms with E-state index in [0.717, 1.165) is 18.4 Å². The number of aliphatic carboxylic acids is 1. The van der Waals surface area contributed by atoms with E-state index in [9.17, 15) is 9.90 Å². The van der Waals surface area contributed by atoms with Crippen LogP contribution in [0.25, 0.3) is 0 Å². The van der Waals surface area contributed by atoms with Crippen LogP contribution in [0.1, 0.15) is 37.3 Å². The summed E-state index contributed by atoms with van der Waals surface area (Å²) < 4.78 is 0. The van der Waals surface area contributed by atoms with Crippen molar-refractivity contribution in [1.29, 1.82) is 0 Å². The molecule has 16 heavy (non-hydrogen) atoms. The van der Waals surface area contributed by atoms with Crippen molar-refractivity contribution >= 4 is 5.97 Å². The Morgan fingerprint density at radius 2 is 2.25 bits per heavy atom. The van der Waals surface area contributed by atoms with Gasteiger partial charge in [0.05, 0.1) is 0 Å². The minimum atomic E-state index is -0.833. The molecule has 1 fully saturated rings. The Bertz CT molecular complexity index is 347. The van der Waals surface area contributed by atoms with E-state index in [1.165, 1.54) is 12.8 Å². The van der Waals surface area contributed by atoms with Crippen molar-refractivity contribution in [3.05, 3.63) is 30.1 Å². The summed E-state index contributed by atoms with van der Waals surface area (Å²) in [6.07, 6.45) is 7.79.